The first-order valence-corrected chi connectivity index (χ1v) is 13.5. The van der Waals surface area contributed by atoms with E-state index in [0.717, 1.165) is 44.1 Å². The lowest BCUT2D eigenvalue weighted by atomic mass is 9.73. The highest BCUT2D eigenvalue weighted by atomic mass is 19.2. The zero-order chi connectivity index (χ0) is 24.5. The van der Waals surface area contributed by atoms with Gasteiger partial charge in [0.2, 0.25) is 0 Å². The van der Waals surface area contributed by atoms with E-state index < -0.39 is 17.5 Å². The molecule has 3 aromatic carbocycles. The Kier molecular flexibility index (Phi) is 7.05. The van der Waals surface area contributed by atoms with Crippen LogP contribution in [-0.4, -0.2) is 0 Å². The van der Waals surface area contributed by atoms with Gasteiger partial charge in [-0.3, -0.25) is 0 Å². The molecule has 5 rings (SSSR count). The number of benzene rings is 3. The van der Waals surface area contributed by atoms with E-state index in [1.54, 1.807) is 12.1 Å². The zero-order valence-corrected chi connectivity index (χ0v) is 20.9. The lowest BCUT2D eigenvalue weighted by Crippen LogP contribution is -2.17. The van der Waals surface area contributed by atoms with E-state index in [-0.39, 0.29) is 17.0 Å². The van der Waals surface area contributed by atoms with E-state index in [0.29, 0.717) is 28.2 Å². The van der Waals surface area contributed by atoms with Gasteiger partial charge in [0, 0.05) is 16.7 Å². The van der Waals surface area contributed by atoms with E-state index in [2.05, 4.69) is 13.8 Å². The third-order valence-electron chi connectivity index (χ3n) is 8.22. The Morgan fingerprint density at radius 3 is 2.06 bits per heavy atom. The number of halogens is 3. The van der Waals surface area contributed by atoms with Crippen LogP contribution in [0, 0.1) is 23.4 Å². The number of unbranched alkanes of at least 4 members (excludes halogenated alkanes) is 2. The van der Waals surface area contributed by atoms with Crippen LogP contribution in [0.1, 0.15) is 88.7 Å². The Labute approximate surface area is 207 Å². The predicted octanol–water partition coefficient (Wildman–Crippen LogP) is 10.2. The SMILES string of the molecule is CCCCCC1CCC(c2cc3c(c(F)c2F)-c2c-3ccc(-c3ccc(CCC)cc3)c2F)CC1. The van der Waals surface area contributed by atoms with Crippen LogP contribution in [0.15, 0.2) is 42.5 Å². The molecule has 0 radical (unpaired) electrons. The van der Waals surface area contributed by atoms with Crippen LogP contribution >= 0.6 is 0 Å². The van der Waals surface area contributed by atoms with Gasteiger partial charge in [0.1, 0.15) is 5.82 Å². The molecule has 0 atom stereocenters. The topological polar surface area (TPSA) is 0 Å². The highest BCUT2D eigenvalue weighted by Gasteiger charge is 2.36. The van der Waals surface area contributed by atoms with E-state index in [1.165, 1.54) is 31.2 Å². The fraction of sp³-hybridized carbons (Fsp3) is 0.438. The molecule has 0 aromatic heterocycles. The van der Waals surface area contributed by atoms with Crippen molar-refractivity contribution >= 4 is 0 Å². The van der Waals surface area contributed by atoms with Gasteiger partial charge in [-0.1, -0.05) is 82.3 Å². The smallest absolute Gasteiger partial charge is 0.167 e. The normalized spacial score (nSPS) is 18.7. The third kappa shape index (κ3) is 4.43. The van der Waals surface area contributed by atoms with Gasteiger partial charge in [0.15, 0.2) is 11.6 Å². The minimum Gasteiger partial charge on any atom is -0.206 e. The summed E-state index contributed by atoms with van der Waals surface area (Å²) in [4.78, 5) is 0. The summed E-state index contributed by atoms with van der Waals surface area (Å²) in [5.41, 5.74) is 4.56. The molecule has 0 heterocycles. The van der Waals surface area contributed by atoms with E-state index in [1.807, 2.05) is 30.3 Å². The second kappa shape index (κ2) is 10.2. The van der Waals surface area contributed by atoms with Crippen LogP contribution in [-0.2, 0) is 6.42 Å². The number of hydrogen-bond donors (Lipinski definition) is 0. The van der Waals surface area contributed by atoms with Crippen molar-refractivity contribution in [2.45, 2.75) is 84.0 Å². The van der Waals surface area contributed by atoms with Gasteiger partial charge >= 0.3 is 0 Å². The van der Waals surface area contributed by atoms with Crippen molar-refractivity contribution in [3.05, 3.63) is 71.0 Å². The Hall–Kier alpha value is -2.55. The zero-order valence-electron chi connectivity index (χ0n) is 20.9. The molecule has 0 saturated heterocycles. The summed E-state index contributed by atoms with van der Waals surface area (Å²) in [7, 11) is 0. The molecule has 0 bridgehead atoms. The Morgan fingerprint density at radius 1 is 0.686 bits per heavy atom. The van der Waals surface area contributed by atoms with Crippen LogP contribution in [0.4, 0.5) is 13.2 Å². The molecule has 0 unspecified atom stereocenters. The summed E-state index contributed by atoms with van der Waals surface area (Å²) in [5.74, 6) is -1.37. The fourth-order valence-corrected chi connectivity index (χ4v) is 6.19. The molecule has 1 saturated carbocycles. The minimum absolute atomic E-state index is 0.0482. The first-order chi connectivity index (χ1) is 17.0. The predicted molar refractivity (Wildman–Crippen MR) is 139 cm³/mol. The maximum atomic E-state index is 15.6. The van der Waals surface area contributed by atoms with Crippen molar-refractivity contribution in [1.29, 1.82) is 0 Å². The molecule has 35 heavy (non-hydrogen) atoms. The van der Waals surface area contributed by atoms with Gasteiger partial charge < -0.3 is 0 Å². The molecule has 0 spiro atoms. The minimum atomic E-state index is -0.885. The van der Waals surface area contributed by atoms with Crippen molar-refractivity contribution in [2.24, 2.45) is 5.92 Å². The molecular formula is C32H35F3. The van der Waals surface area contributed by atoms with Crippen molar-refractivity contribution in [3.63, 3.8) is 0 Å². The first-order valence-electron chi connectivity index (χ1n) is 13.5. The van der Waals surface area contributed by atoms with Crippen molar-refractivity contribution in [3.8, 4) is 33.4 Å². The number of hydrogen-bond acceptors (Lipinski definition) is 0. The Balaban J connectivity index is 1.39. The molecule has 3 heteroatoms. The van der Waals surface area contributed by atoms with Crippen LogP contribution in [0.3, 0.4) is 0 Å². The average molecular weight is 477 g/mol. The number of aryl methyl sites for hydroxylation is 1. The molecule has 2 aliphatic rings. The summed E-state index contributed by atoms with van der Waals surface area (Å²) in [6.07, 6.45) is 11.0. The first kappa shape index (κ1) is 24.2. The van der Waals surface area contributed by atoms with Crippen LogP contribution in [0.5, 0.6) is 0 Å². The van der Waals surface area contributed by atoms with Gasteiger partial charge in [0.05, 0.1) is 0 Å². The van der Waals surface area contributed by atoms with E-state index >= 15 is 13.2 Å². The fourth-order valence-electron chi connectivity index (χ4n) is 6.19. The van der Waals surface area contributed by atoms with Crippen LogP contribution in [0.2, 0.25) is 0 Å². The molecule has 184 valence electrons. The summed E-state index contributed by atoms with van der Waals surface area (Å²) in [6, 6.07) is 13.3. The Morgan fingerprint density at radius 2 is 1.37 bits per heavy atom. The lowest BCUT2D eigenvalue weighted by molar-refractivity contribution is 0.298. The summed E-state index contributed by atoms with van der Waals surface area (Å²) < 4.78 is 46.2. The van der Waals surface area contributed by atoms with Crippen molar-refractivity contribution < 1.29 is 13.2 Å². The van der Waals surface area contributed by atoms with E-state index in [4.69, 9.17) is 0 Å². The van der Waals surface area contributed by atoms with Crippen LogP contribution in [0.25, 0.3) is 33.4 Å². The molecular weight excluding hydrogens is 441 g/mol. The largest absolute Gasteiger partial charge is 0.206 e. The van der Waals surface area contributed by atoms with Gasteiger partial charge in [0.25, 0.3) is 0 Å². The van der Waals surface area contributed by atoms with Gasteiger partial charge in [-0.2, -0.15) is 0 Å². The van der Waals surface area contributed by atoms with Gasteiger partial charge in [-0.05, 0) is 77.8 Å². The number of rotatable bonds is 8. The lowest BCUT2D eigenvalue weighted by Gasteiger charge is -2.32. The third-order valence-corrected chi connectivity index (χ3v) is 8.22. The monoisotopic (exact) mass is 476 g/mol. The summed E-state index contributed by atoms with van der Waals surface area (Å²) in [6.45, 7) is 4.34. The maximum Gasteiger partial charge on any atom is 0.167 e. The summed E-state index contributed by atoms with van der Waals surface area (Å²) >= 11 is 0. The molecule has 0 nitrogen and oxygen atoms in total. The van der Waals surface area contributed by atoms with Crippen molar-refractivity contribution in [2.75, 3.05) is 0 Å². The molecule has 1 fully saturated rings. The molecule has 0 aliphatic heterocycles. The molecule has 0 amide bonds. The van der Waals surface area contributed by atoms with E-state index in [9.17, 15) is 0 Å². The van der Waals surface area contributed by atoms with Crippen LogP contribution < -0.4 is 0 Å². The number of fused-ring (bicyclic) bond motifs is 4. The summed E-state index contributed by atoms with van der Waals surface area (Å²) in [5, 5.41) is 0. The highest BCUT2D eigenvalue weighted by Crippen LogP contribution is 2.54. The Bertz CT molecular complexity index is 1200. The van der Waals surface area contributed by atoms with Gasteiger partial charge in [-0.15, -0.1) is 0 Å². The second-order valence-electron chi connectivity index (χ2n) is 10.5. The standard InChI is InChI=1S/C32H35F3/c1-3-5-6-8-21-11-15-23(16-12-21)26-19-27-25-18-17-24(22-13-9-20(7-4-2)10-14-22)30(33)28(25)29(27)32(35)31(26)34/h9-10,13-14,17-19,21,23H,3-8,11-12,15-16H2,1-2H3. The maximum absolute atomic E-state index is 15.6. The highest BCUT2D eigenvalue weighted by molar-refractivity contribution is 6.04. The van der Waals surface area contributed by atoms with Crippen molar-refractivity contribution in [1.82, 2.24) is 0 Å². The second-order valence-corrected chi connectivity index (χ2v) is 10.5. The molecule has 3 aromatic rings. The average Bonchev–Trinajstić information content (AvgIpc) is 2.86. The quantitative estimate of drug-likeness (QED) is 0.222. The van der Waals surface area contributed by atoms with Gasteiger partial charge in [-0.25, -0.2) is 13.2 Å². The molecule has 2 aliphatic carbocycles. The molecule has 0 N–H and O–H groups in total.